The molecule has 86 valence electrons. The third kappa shape index (κ3) is 9.23. The number of rotatable bonds is 1. The highest BCUT2D eigenvalue weighted by Gasteiger charge is 2.10. The van der Waals surface area contributed by atoms with E-state index < -0.39 is 0 Å². The zero-order chi connectivity index (χ0) is 11.7. The van der Waals surface area contributed by atoms with Gasteiger partial charge in [-0.05, 0) is 40.2 Å². The summed E-state index contributed by atoms with van der Waals surface area (Å²) in [6.45, 7) is 7.92. The maximum Gasteiger partial charge on any atom is 0.293 e. The number of nitrogens with zero attached hydrogens (tertiary/aromatic N) is 1. The normalized spacial score (nSPS) is 20.5. The van der Waals surface area contributed by atoms with Crippen LogP contribution in [-0.2, 0) is 9.53 Å². The van der Waals surface area contributed by atoms with Gasteiger partial charge in [0.15, 0.2) is 0 Å². The molecular formula is C11H20N2O2. The van der Waals surface area contributed by atoms with Crippen molar-refractivity contribution in [1.29, 1.82) is 5.26 Å². The molecule has 1 unspecified atom stereocenters. The summed E-state index contributed by atoms with van der Waals surface area (Å²) in [5.74, 6) is 0.281. The summed E-state index contributed by atoms with van der Waals surface area (Å²) in [7, 11) is 0. The van der Waals surface area contributed by atoms with Crippen molar-refractivity contribution in [3.63, 3.8) is 0 Å². The monoisotopic (exact) mass is 212 g/mol. The topological polar surface area (TPSA) is 62.1 Å². The lowest BCUT2D eigenvalue weighted by Crippen LogP contribution is -2.28. The molecule has 0 amide bonds. The van der Waals surface area contributed by atoms with E-state index in [0.29, 0.717) is 6.47 Å². The van der Waals surface area contributed by atoms with Crippen LogP contribution in [0.5, 0.6) is 0 Å². The van der Waals surface area contributed by atoms with E-state index in [9.17, 15) is 4.79 Å². The third-order valence-electron chi connectivity index (χ3n) is 1.88. The molecular weight excluding hydrogens is 192 g/mol. The number of piperidine rings is 1. The fraction of sp³-hybridized carbons (Fsp3) is 0.818. The van der Waals surface area contributed by atoms with Crippen LogP contribution >= 0.6 is 0 Å². The summed E-state index contributed by atoms with van der Waals surface area (Å²) < 4.78 is 4.55. The first kappa shape index (κ1) is 13.9. The van der Waals surface area contributed by atoms with Gasteiger partial charge in [-0.1, -0.05) is 0 Å². The third-order valence-corrected chi connectivity index (χ3v) is 1.88. The lowest BCUT2D eigenvalue weighted by molar-refractivity contribution is -0.138. The second kappa shape index (κ2) is 7.24. The van der Waals surface area contributed by atoms with Gasteiger partial charge in [0.05, 0.1) is 12.0 Å². The van der Waals surface area contributed by atoms with Gasteiger partial charge >= 0.3 is 0 Å². The molecule has 4 heteroatoms. The van der Waals surface area contributed by atoms with Crippen LogP contribution in [0.3, 0.4) is 0 Å². The second-order valence-corrected chi connectivity index (χ2v) is 4.50. The van der Waals surface area contributed by atoms with Crippen LogP contribution in [0.2, 0.25) is 0 Å². The maximum absolute atomic E-state index is 9.60. The van der Waals surface area contributed by atoms with E-state index in [0.717, 1.165) is 25.9 Å². The molecule has 0 aromatic heterocycles. The Hall–Kier alpha value is -1.08. The van der Waals surface area contributed by atoms with Crippen molar-refractivity contribution in [2.75, 3.05) is 13.1 Å². The van der Waals surface area contributed by atoms with Gasteiger partial charge < -0.3 is 10.1 Å². The highest BCUT2D eigenvalue weighted by atomic mass is 16.5. The second-order valence-electron chi connectivity index (χ2n) is 4.50. The average molecular weight is 212 g/mol. The molecule has 0 bridgehead atoms. The van der Waals surface area contributed by atoms with Crippen LogP contribution in [0.15, 0.2) is 0 Å². The molecule has 0 aromatic rings. The Morgan fingerprint density at radius 2 is 2.20 bits per heavy atom. The summed E-state index contributed by atoms with van der Waals surface area (Å²) >= 11 is 0. The summed E-state index contributed by atoms with van der Waals surface area (Å²) in [5.41, 5.74) is -0.318. The van der Waals surface area contributed by atoms with Gasteiger partial charge in [-0.15, -0.1) is 0 Å². The first-order valence-corrected chi connectivity index (χ1v) is 5.21. The minimum atomic E-state index is -0.318. The van der Waals surface area contributed by atoms with E-state index in [1.54, 1.807) is 0 Å². The van der Waals surface area contributed by atoms with E-state index in [4.69, 9.17) is 5.26 Å². The highest BCUT2D eigenvalue weighted by Crippen LogP contribution is 2.06. The Balaban J connectivity index is 0.000000265. The van der Waals surface area contributed by atoms with Crippen LogP contribution in [-0.4, -0.2) is 25.2 Å². The maximum atomic E-state index is 9.60. The fourth-order valence-electron chi connectivity index (χ4n) is 1.11. The van der Waals surface area contributed by atoms with Crippen molar-refractivity contribution in [2.45, 2.75) is 39.2 Å². The van der Waals surface area contributed by atoms with Crippen LogP contribution in [0, 0.1) is 17.2 Å². The molecule has 0 aromatic carbocycles. The van der Waals surface area contributed by atoms with E-state index >= 15 is 0 Å². The number of carbonyl (C=O) groups excluding carboxylic acids is 1. The molecule has 15 heavy (non-hydrogen) atoms. The summed E-state index contributed by atoms with van der Waals surface area (Å²) in [6.07, 6.45) is 2.25. The molecule has 1 aliphatic heterocycles. The molecule has 1 aliphatic rings. The van der Waals surface area contributed by atoms with E-state index in [-0.39, 0.29) is 11.5 Å². The van der Waals surface area contributed by atoms with Gasteiger partial charge in [0.2, 0.25) is 0 Å². The van der Waals surface area contributed by atoms with Crippen molar-refractivity contribution in [3.05, 3.63) is 0 Å². The van der Waals surface area contributed by atoms with Crippen LogP contribution in [0.4, 0.5) is 0 Å². The van der Waals surface area contributed by atoms with E-state index in [1.807, 2.05) is 20.8 Å². The lowest BCUT2D eigenvalue weighted by atomic mass is 10.0. The van der Waals surface area contributed by atoms with Gasteiger partial charge in [-0.3, -0.25) is 4.79 Å². The van der Waals surface area contributed by atoms with Gasteiger partial charge in [0.1, 0.15) is 5.60 Å². The summed E-state index contributed by atoms with van der Waals surface area (Å²) in [5, 5.41) is 11.6. The van der Waals surface area contributed by atoms with Gasteiger partial charge in [-0.2, -0.15) is 5.26 Å². The highest BCUT2D eigenvalue weighted by molar-refractivity contribution is 5.37. The van der Waals surface area contributed by atoms with E-state index in [1.165, 1.54) is 0 Å². The molecule has 1 fully saturated rings. The lowest BCUT2D eigenvalue weighted by Gasteiger charge is -2.15. The largest absolute Gasteiger partial charge is 0.462 e. The van der Waals surface area contributed by atoms with Gasteiger partial charge in [0.25, 0.3) is 6.47 Å². The molecule has 1 atom stereocenters. The molecule has 0 saturated carbocycles. The zero-order valence-corrected chi connectivity index (χ0v) is 9.75. The fourth-order valence-corrected chi connectivity index (χ4v) is 1.11. The molecule has 1 heterocycles. The van der Waals surface area contributed by atoms with Crippen LogP contribution in [0.1, 0.15) is 33.6 Å². The Labute approximate surface area is 91.6 Å². The van der Waals surface area contributed by atoms with Gasteiger partial charge in [0, 0.05) is 6.54 Å². The Kier molecular flexibility index (Phi) is 6.72. The van der Waals surface area contributed by atoms with Crippen molar-refractivity contribution < 1.29 is 9.53 Å². The predicted molar refractivity (Wildman–Crippen MR) is 58.1 cm³/mol. The molecule has 0 aliphatic carbocycles. The molecule has 0 radical (unpaired) electrons. The number of carbonyl (C=O) groups is 1. The minimum absolute atomic E-state index is 0.281. The Bertz CT molecular complexity index is 210. The number of ether oxygens (including phenoxy) is 1. The molecule has 1 N–H and O–H groups in total. The van der Waals surface area contributed by atoms with Crippen molar-refractivity contribution in [3.8, 4) is 6.07 Å². The number of nitriles is 1. The van der Waals surface area contributed by atoms with Crippen molar-refractivity contribution >= 4 is 6.47 Å². The SMILES string of the molecule is CC(C)(C)OC=O.N#CC1CCCNC1. The van der Waals surface area contributed by atoms with Crippen LogP contribution < -0.4 is 5.32 Å². The smallest absolute Gasteiger partial charge is 0.293 e. The standard InChI is InChI=1S/C6H10N2.C5H10O2/c7-4-6-2-1-3-8-5-6;1-5(2,3)7-4-6/h6,8H,1-3,5H2;4H,1-3H3. The number of hydrogen-bond acceptors (Lipinski definition) is 4. The van der Waals surface area contributed by atoms with Crippen LogP contribution in [0.25, 0.3) is 0 Å². The molecule has 1 rings (SSSR count). The van der Waals surface area contributed by atoms with Gasteiger partial charge in [-0.25, -0.2) is 0 Å². The number of nitrogens with one attached hydrogen (secondary N) is 1. The zero-order valence-electron chi connectivity index (χ0n) is 9.75. The Morgan fingerprint density at radius 1 is 1.53 bits per heavy atom. The summed E-state index contributed by atoms with van der Waals surface area (Å²) in [4.78, 5) is 9.60. The number of hydrogen-bond donors (Lipinski definition) is 1. The average Bonchev–Trinajstić information content (AvgIpc) is 2.18. The molecule has 4 nitrogen and oxygen atoms in total. The first-order valence-electron chi connectivity index (χ1n) is 5.21. The van der Waals surface area contributed by atoms with E-state index in [2.05, 4.69) is 16.1 Å². The first-order chi connectivity index (χ1) is 6.99. The summed E-state index contributed by atoms with van der Waals surface area (Å²) in [6, 6.07) is 2.24. The Morgan fingerprint density at radius 3 is 2.40 bits per heavy atom. The molecule has 1 saturated heterocycles. The van der Waals surface area contributed by atoms with Crippen molar-refractivity contribution in [2.24, 2.45) is 5.92 Å². The molecule has 0 spiro atoms. The van der Waals surface area contributed by atoms with Crippen molar-refractivity contribution in [1.82, 2.24) is 5.32 Å². The quantitative estimate of drug-likeness (QED) is 0.668. The minimum Gasteiger partial charge on any atom is -0.462 e. The predicted octanol–water partition coefficient (Wildman–Crippen LogP) is 1.47.